The van der Waals surface area contributed by atoms with E-state index in [2.05, 4.69) is 19.9 Å². The van der Waals surface area contributed by atoms with E-state index < -0.39 is 9.84 Å². The summed E-state index contributed by atoms with van der Waals surface area (Å²) in [5, 5.41) is 0.0123. The van der Waals surface area contributed by atoms with Gasteiger partial charge in [0.2, 0.25) is 9.84 Å². The van der Waals surface area contributed by atoms with Gasteiger partial charge in [-0.15, -0.1) is 0 Å². The van der Waals surface area contributed by atoms with Gasteiger partial charge in [0.1, 0.15) is 5.82 Å². The van der Waals surface area contributed by atoms with Crippen LogP contribution < -0.4 is 4.90 Å². The fourth-order valence-electron chi connectivity index (χ4n) is 3.03. The molecule has 1 aliphatic heterocycles. The third kappa shape index (κ3) is 3.74. The van der Waals surface area contributed by atoms with Gasteiger partial charge in [-0.3, -0.25) is 0 Å². The molecule has 1 aliphatic rings. The Morgan fingerprint density at radius 2 is 1.68 bits per heavy atom. The molecule has 144 valence electrons. The van der Waals surface area contributed by atoms with Crippen molar-refractivity contribution in [3.8, 4) is 11.3 Å². The zero-order valence-electron chi connectivity index (χ0n) is 15.4. The van der Waals surface area contributed by atoms with E-state index in [9.17, 15) is 8.42 Å². The smallest absolute Gasteiger partial charge is 0.223 e. The van der Waals surface area contributed by atoms with Gasteiger partial charge >= 0.3 is 0 Å². The molecule has 3 aromatic rings. The molecule has 0 spiro atoms. The number of anilines is 1. The lowest BCUT2D eigenvalue weighted by atomic mass is 10.2. The molecule has 0 bridgehead atoms. The van der Waals surface area contributed by atoms with Crippen molar-refractivity contribution < 1.29 is 13.2 Å². The molecule has 0 aliphatic carbocycles. The van der Waals surface area contributed by atoms with E-state index in [1.807, 2.05) is 6.07 Å². The maximum atomic E-state index is 13.2. The minimum absolute atomic E-state index is 0.0123. The normalized spacial score (nSPS) is 14.8. The Kier molecular flexibility index (Phi) is 5.06. The van der Waals surface area contributed by atoms with Crippen molar-refractivity contribution in [1.82, 2.24) is 15.0 Å². The molecular weight excluding hydrogens is 376 g/mol. The van der Waals surface area contributed by atoms with Gasteiger partial charge in [0.05, 0.1) is 23.8 Å². The summed E-state index contributed by atoms with van der Waals surface area (Å²) in [4.78, 5) is 15.2. The molecular formula is C20H20N4O3S. The molecule has 1 saturated heterocycles. The van der Waals surface area contributed by atoms with Crippen LogP contribution in [0.15, 0.2) is 64.8 Å². The van der Waals surface area contributed by atoms with Crippen molar-refractivity contribution in [2.75, 3.05) is 31.2 Å². The topological polar surface area (TPSA) is 85.3 Å². The number of sulfone groups is 1. The van der Waals surface area contributed by atoms with Gasteiger partial charge in [0.25, 0.3) is 0 Å². The fourth-order valence-corrected chi connectivity index (χ4v) is 4.28. The van der Waals surface area contributed by atoms with Crippen LogP contribution in [0.4, 0.5) is 5.69 Å². The second kappa shape index (κ2) is 7.65. The van der Waals surface area contributed by atoms with Gasteiger partial charge in [-0.25, -0.2) is 23.4 Å². The standard InChI is InChI=1S/C20H20N4O3S/c1-15-21-13-16(14-22-15)19-11-17(24-7-9-27-10-8-24)12-20(23-19)28(25,26)18-5-3-2-4-6-18/h2-6,11-14H,7-10H2,1H3. The molecule has 28 heavy (non-hydrogen) atoms. The molecule has 4 rings (SSSR count). The first-order valence-electron chi connectivity index (χ1n) is 8.98. The quantitative estimate of drug-likeness (QED) is 0.670. The van der Waals surface area contributed by atoms with E-state index in [0.717, 1.165) is 5.69 Å². The van der Waals surface area contributed by atoms with Gasteiger partial charge in [-0.1, -0.05) is 18.2 Å². The lowest BCUT2D eigenvalue weighted by Crippen LogP contribution is -2.36. The Labute approximate surface area is 164 Å². The van der Waals surface area contributed by atoms with Crippen LogP contribution in [-0.4, -0.2) is 49.7 Å². The third-order valence-corrected chi connectivity index (χ3v) is 6.22. The summed E-state index contributed by atoms with van der Waals surface area (Å²) in [6, 6.07) is 11.8. The first-order chi connectivity index (χ1) is 13.5. The van der Waals surface area contributed by atoms with Crippen molar-refractivity contribution in [3.63, 3.8) is 0 Å². The number of benzene rings is 1. The minimum atomic E-state index is -3.75. The van der Waals surface area contributed by atoms with Crippen LogP contribution in [0.25, 0.3) is 11.3 Å². The molecule has 8 heteroatoms. The van der Waals surface area contributed by atoms with Crippen molar-refractivity contribution in [3.05, 3.63) is 60.7 Å². The predicted octanol–water partition coefficient (Wildman–Crippen LogP) is 2.52. The van der Waals surface area contributed by atoms with Gasteiger partial charge in [0.15, 0.2) is 5.03 Å². The van der Waals surface area contributed by atoms with Gasteiger partial charge in [0, 0.05) is 36.7 Å². The highest BCUT2D eigenvalue weighted by molar-refractivity contribution is 7.91. The fraction of sp³-hybridized carbons (Fsp3) is 0.250. The maximum Gasteiger partial charge on any atom is 0.223 e. The number of aromatic nitrogens is 3. The molecule has 7 nitrogen and oxygen atoms in total. The second-order valence-corrected chi connectivity index (χ2v) is 8.38. The van der Waals surface area contributed by atoms with Crippen molar-refractivity contribution in [2.45, 2.75) is 16.8 Å². The maximum absolute atomic E-state index is 13.2. The van der Waals surface area contributed by atoms with E-state index >= 15 is 0 Å². The zero-order chi connectivity index (χ0) is 19.6. The number of morpholine rings is 1. The molecule has 0 amide bonds. The Bertz CT molecular complexity index is 1060. The first-order valence-corrected chi connectivity index (χ1v) is 10.5. The van der Waals surface area contributed by atoms with E-state index in [1.165, 1.54) is 0 Å². The van der Waals surface area contributed by atoms with E-state index in [-0.39, 0.29) is 9.92 Å². The summed E-state index contributed by atoms with van der Waals surface area (Å²) in [5.41, 5.74) is 1.99. The van der Waals surface area contributed by atoms with Crippen LogP contribution >= 0.6 is 0 Å². The lowest BCUT2D eigenvalue weighted by molar-refractivity contribution is 0.122. The van der Waals surface area contributed by atoms with Gasteiger partial charge < -0.3 is 9.64 Å². The molecule has 0 radical (unpaired) electrons. The molecule has 1 aromatic carbocycles. The summed E-state index contributed by atoms with van der Waals surface area (Å²) in [6.45, 7) is 4.39. The summed E-state index contributed by atoms with van der Waals surface area (Å²) < 4.78 is 31.8. The highest BCUT2D eigenvalue weighted by Crippen LogP contribution is 2.29. The van der Waals surface area contributed by atoms with Crippen LogP contribution in [0.5, 0.6) is 0 Å². The minimum Gasteiger partial charge on any atom is -0.378 e. The predicted molar refractivity (Wildman–Crippen MR) is 105 cm³/mol. The summed E-state index contributed by atoms with van der Waals surface area (Å²) >= 11 is 0. The summed E-state index contributed by atoms with van der Waals surface area (Å²) in [7, 11) is -3.75. The van der Waals surface area contributed by atoms with E-state index in [4.69, 9.17) is 4.74 Å². The highest BCUT2D eigenvalue weighted by atomic mass is 32.2. The monoisotopic (exact) mass is 396 g/mol. The van der Waals surface area contributed by atoms with Crippen LogP contribution in [0.2, 0.25) is 0 Å². The summed E-state index contributed by atoms with van der Waals surface area (Å²) in [6.07, 6.45) is 3.32. The Morgan fingerprint density at radius 3 is 2.36 bits per heavy atom. The first kappa shape index (κ1) is 18.5. The molecule has 2 aromatic heterocycles. The lowest BCUT2D eigenvalue weighted by Gasteiger charge is -2.29. The summed E-state index contributed by atoms with van der Waals surface area (Å²) in [5.74, 6) is 0.644. The highest BCUT2D eigenvalue weighted by Gasteiger charge is 2.23. The second-order valence-electron chi connectivity index (χ2n) is 6.48. The number of ether oxygens (including phenoxy) is 1. The van der Waals surface area contributed by atoms with Crippen molar-refractivity contribution >= 4 is 15.5 Å². The number of rotatable bonds is 4. The zero-order valence-corrected chi connectivity index (χ0v) is 16.3. The Balaban J connectivity index is 1.85. The molecule has 3 heterocycles. The van der Waals surface area contributed by atoms with Crippen molar-refractivity contribution in [1.29, 1.82) is 0 Å². The average Bonchev–Trinajstić information content (AvgIpc) is 2.75. The van der Waals surface area contributed by atoms with E-state index in [0.29, 0.717) is 43.4 Å². The Morgan fingerprint density at radius 1 is 1.00 bits per heavy atom. The van der Waals surface area contributed by atoms with Crippen LogP contribution in [-0.2, 0) is 14.6 Å². The molecule has 0 N–H and O–H groups in total. The van der Waals surface area contributed by atoms with Crippen LogP contribution in [0.1, 0.15) is 5.82 Å². The SMILES string of the molecule is Cc1ncc(-c2cc(N3CCOCC3)cc(S(=O)(=O)c3ccccc3)n2)cn1. The van der Waals surface area contributed by atoms with Crippen molar-refractivity contribution in [2.24, 2.45) is 0 Å². The van der Waals surface area contributed by atoms with Crippen LogP contribution in [0.3, 0.4) is 0 Å². The van der Waals surface area contributed by atoms with Crippen LogP contribution in [0, 0.1) is 6.92 Å². The number of aryl methyl sites for hydroxylation is 1. The molecule has 0 atom stereocenters. The van der Waals surface area contributed by atoms with E-state index in [1.54, 1.807) is 55.7 Å². The molecule has 1 fully saturated rings. The third-order valence-electron chi connectivity index (χ3n) is 4.57. The number of hydrogen-bond donors (Lipinski definition) is 0. The molecule has 0 saturated carbocycles. The van der Waals surface area contributed by atoms with Gasteiger partial charge in [-0.05, 0) is 31.2 Å². The number of pyridine rings is 1. The number of nitrogens with zero attached hydrogens (tertiary/aromatic N) is 4. The largest absolute Gasteiger partial charge is 0.378 e. The Hall–Kier alpha value is -2.84. The van der Waals surface area contributed by atoms with Gasteiger partial charge in [-0.2, -0.15) is 0 Å². The number of hydrogen-bond acceptors (Lipinski definition) is 7. The average molecular weight is 396 g/mol. The molecule has 0 unspecified atom stereocenters.